The molecule has 2 nitrogen and oxygen atoms in total. The molecule has 0 saturated heterocycles. The first-order valence-corrected chi connectivity index (χ1v) is 7.14. The van der Waals surface area contributed by atoms with Crippen molar-refractivity contribution in [2.75, 3.05) is 0 Å². The predicted octanol–water partition coefficient (Wildman–Crippen LogP) is 5.16. The Morgan fingerprint density at radius 3 is 2.67 bits per heavy atom. The maximum Gasteiger partial charge on any atom is 0.153 e. The molecule has 1 N–H and O–H groups in total. The minimum absolute atomic E-state index is 0.0113. The van der Waals surface area contributed by atoms with E-state index in [1.54, 1.807) is 12.1 Å². The molecule has 0 spiro atoms. The van der Waals surface area contributed by atoms with Crippen LogP contribution in [0.15, 0.2) is 48.6 Å². The van der Waals surface area contributed by atoms with Crippen LogP contribution in [-0.4, -0.2) is 11.4 Å². The minimum Gasteiger partial charge on any atom is -0.507 e. The Hall–Kier alpha value is -2.09. The number of benzene rings is 1. The number of allylic oxidation sites excluding steroid dienone is 4. The molecular formula is C19H24O2. The standard InChI is InChI=1S/C19H24O2/c1-5-19(4,11-6-7-15(2)3)12-10-16-8-9-18(21)17(13-16)14-20/h5,7-10,12-14,21H,1,6,11H2,2-4H3/b12-10+/t19-/m1/s1. The van der Waals surface area contributed by atoms with E-state index >= 15 is 0 Å². The van der Waals surface area contributed by atoms with Crippen molar-refractivity contribution in [3.8, 4) is 5.75 Å². The Morgan fingerprint density at radius 2 is 2.10 bits per heavy atom. The average Bonchev–Trinajstić information content (AvgIpc) is 2.46. The van der Waals surface area contributed by atoms with Crippen molar-refractivity contribution < 1.29 is 9.90 Å². The van der Waals surface area contributed by atoms with Gasteiger partial charge in [-0.15, -0.1) is 6.58 Å². The molecule has 112 valence electrons. The summed E-state index contributed by atoms with van der Waals surface area (Å²) < 4.78 is 0. The van der Waals surface area contributed by atoms with Gasteiger partial charge in [-0.25, -0.2) is 0 Å². The van der Waals surface area contributed by atoms with Crippen LogP contribution >= 0.6 is 0 Å². The van der Waals surface area contributed by atoms with E-state index < -0.39 is 0 Å². The first kappa shape index (κ1) is 17.0. The third-order valence-corrected chi connectivity index (χ3v) is 3.54. The summed E-state index contributed by atoms with van der Waals surface area (Å²) in [7, 11) is 0. The zero-order chi connectivity index (χ0) is 15.9. The SMILES string of the molecule is C=C[C@@](C)(/C=C/c1ccc(O)c(C=O)c1)CCC=C(C)C. The average molecular weight is 284 g/mol. The van der Waals surface area contributed by atoms with Crippen LogP contribution in [0.4, 0.5) is 0 Å². The van der Waals surface area contributed by atoms with Crippen molar-refractivity contribution in [1.29, 1.82) is 0 Å². The largest absolute Gasteiger partial charge is 0.507 e. The molecule has 1 rings (SSSR count). The summed E-state index contributed by atoms with van der Waals surface area (Å²) in [5.41, 5.74) is 2.43. The van der Waals surface area contributed by atoms with Crippen LogP contribution in [0.1, 0.15) is 49.5 Å². The third kappa shape index (κ3) is 5.42. The molecule has 0 radical (unpaired) electrons. The van der Waals surface area contributed by atoms with Gasteiger partial charge in [0.05, 0.1) is 5.56 Å². The maximum atomic E-state index is 10.8. The van der Waals surface area contributed by atoms with Crippen LogP contribution in [0, 0.1) is 5.41 Å². The number of aromatic hydroxyl groups is 1. The summed E-state index contributed by atoms with van der Waals surface area (Å²) in [5.74, 6) is 0.0113. The Morgan fingerprint density at radius 1 is 1.38 bits per heavy atom. The number of aldehydes is 1. The highest BCUT2D eigenvalue weighted by Crippen LogP contribution is 2.28. The highest BCUT2D eigenvalue weighted by atomic mass is 16.3. The Labute approximate surface area is 127 Å². The van der Waals surface area contributed by atoms with Gasteiger partial charge in [0.15, 0.2) is 6.29 Å². The molecule has 1 aromatic carbocycles. The van der Waals surface area contributed by atoms with E-state index in [0.29, 0.717) is 11.8 Å². The Bertz CT molecular complexity index is 563. The van der Waals surface area contributed by atoms with Crippen molar-refractivity contribution in [3.05, 3.63) is 59.7 Å². The fourth-order valence-corrected chi connectivity index (χ4v) is 1.98. The summed E-state index contributed by atoms with van der Waals surface area (Å²) in [4.78, 5) is 10.8. The number of phenolic OH excluding ortho intramolecular Hbond substituents is 1. The van der Waals surface area contributed by atoms with Crippen molar-refractivity contribution in [2.24, 2.45) is 5.41 Å². The molecule has 0 aliphatic carbocycles. The molecule has 0 bridgehead atoms. The molecule has 0 unspecified atom stereocenters. The van der Waals surface area contributed by atoms with Crippen LogP contribution in [0.2, 0.25) is 0 Å². The molecule has 0 heterocycles. The van der Waals surface area contributed by atoms with Gasteiger partial charge in [-0.2, -0.15) is 0 Å². The number of rotatable bonds is 7. The second kappa shape index (κ2) is 7.63. The van der Waals surface area contributed by atoms with Crippen LogP contribution in [0.25, 0.3) is 6.08 Å². The van der Waals surface area contributed by atoms with E-state index in [2.05, 4.69) is 39.5 Å². The van der Waals surface area contributed by atoms with Gasteiger partial charge in [0, 0.05) is 5.41 Å². The van der Waals surface area contributed by atoms with E-state index in [1.807, 2.05) is 12.2 Å². The Kier molecular flexibility index (Phi) is 6.16. The molecule has 0 aliphatic heterocycles. The molecule has 2 heteroatoms. The summed E-state index contributed by atoms with van der Waals surface area (Å²) in [6, 6.07) is 5.01. The summed E-state index contributed by atoms with van der Waals surface area (Å²) in [6.07, 6.45) is 10.9. The second-order valence-electron chi connectivity index (χ2n) is 5.80. The molecule has 0 amide bonds. The highest BCUT2D eigenvalue weighted by Gasteiger charge is 2.15. The van der Waals surface area contributed by atoms with Crippen LogP contribution in [0.3, 0.4) is 0 Å². The predicted molar refractivity (Wildman–Crippen MR) is 89.5 cm³/mol. The van der Waals surface area contributed by atoms with Crippen molar-refractivity contribution >= 4 is 12.4 Å². The molecule has 21 heavy (non-hydrogen) atoms. The van der Waals surface area contributed by atoms with Crippen LogP contribution in [0.5, 0.6) is 5.75 Å². The van der Waals surface area contributed by atoms with Gasteiger partial charge in [-0.1, -0.05) is 42.9 Å². The summed E-state index contributed by atoms with van der Waals surface area (Å²) in [5, 5.41) is 9.50. The van der Waals surface area contributed by atoms with Crippen LogP contribution in [-0.2, 0) is 0 Å². The van der Waals surface area contributed by atoms with Crippen molar-refractivity contribution in [1.82, 2.24) is 0 Å². The van der Waals surface area contributed by atoms with Gasteiger partial charge in [0.25, 0.3) is 0 Å². The van der Waals surface area contributed by atoms with Crippen molar-refractivity contribution in [2.45, 2.75) is 33.6 Å². The van der Waals surface area contributed by atoms with Crippen LogP contribution < -0.4 is 0 Å². The maximum absolute atomic E-state index is 10.8. The van der Waals surface area contributed by atoms with E-state index in [1.165, 1.54) is 11.6 Å². The highest BCUT2D eigenvalue weighted by molar-refractivity contribution is 5.80. The lowest BCUT2D eigenvalue weighted by molar-refractivity contribution is 0.112. The zero-order valence-corrected chi connectivity index (χ0v) is 13.1. The smallest absolute Gasteiger partial charge is 0.153 e. The fraction of sp³-hybridized carbons (Fsp3) is 0.316. The number of carbonyl (C=O) groups is 1. The Balaban J connectivity index is 2.86. The van der Waals surface area contributed by atoms with Gasteiger partial charge in [-0.3, -0.25) is 4.79 Å². The first-order chi connectivity index (χ1) is 9.90. The summed E-state index contributed by atoms with van der Waals surface area (Å²) >= 11 is 0. The van der Waals surface area contributed by atoms with E-state index in [0.717, 1.165) is 18.4 Å². The van der Waals surface area contributed by atoms with Gasteiger partial charge in [-0.05, 0) is 44.4 Å². The lowest BCUT2D eigenvalue weighted by atomic mass is 9.84. The quantitative estimate of drug-likeness (QED) is 0.555. The third-order valence-electron chi connectivity index (χ3n) is 3.54. The van der Waals surface area contributed by atoms with Crippen molar-refractivity contribution in [3.63, 3.8) is 0 Å². The molecular weight excluding hydrogens is 260 g/mol. The molecule has 1 aromatic rings. The van der Waals surface area contributed by atoms with Gasteiger partial charge >= 0.3 is 0 Å². The van der Waals surface area contributed by atoms with Gasteiger partial charge in [0.1, 0.15) is 5.75 Å². The normalized spacial score (nSPS) is 13.7. The molecule has 0 aliphatic rings. The fourth-order valence-electron chi connectivity index (χ4n) is 1.98. The second-order valence-corrected chi connectivity index (χ2v) is 5.80. The van der Waals surface area contributed by atoms with E-state index in [4.69, 9.17) is 0 Å². The number of carbonyl (C=O) groups excluding carboxylic acids is 1. The molecule has 1 atom stereocenters. The van der Waals surface area contributed by atoms with E-state index in [9.17, 15) is 9.90 Å². The first-order valence-electron chi connectivity index (χ1n) is 7.14. The number of hydrogen-bond acceptors (Lipinski definition) is 2. The zero-order valence-electron chi connectivity index (χ0n) is 13.1. The number of phenols is 1. The van der Waals surface area contributed by atoms with E-state index in [-0.39, 0.29) is 11.2 Å². The molecule has 0 fully saturated rings. The molecule has 0 aromatic heterocycles. The topological polar surface area (TPSA) is 37.3 Å². The lowest BCUT2D eigenvalue weighted by Crippen LogP contribution is -2.08. The summed E-state index contributed by atoms with van der Waals surface area (Å²) in [6.45, 7) is 10.2. The monoisotopic (exact) mass is 284 g/mol. The lowest BCUT2D eigenvalue weighted by Gasteiger charge is -2.20. The van der Waals surface area contributed by atoms with Gasteiger partial charge < -0.3 is 5.11 Å². The molecule has 0 saturated carbocycles. The minimum atomic E-state index is -0.0921. The van der Waals surface area contributed by atoms with Gasteiger partial charge in [0.2, 0.25) is 0 Å². The number of hydrogen-bond donors (Lipinski definition) is 1.